The van der Waals surface area contributed by atoms with E-state index in [1.165, 1.54) is 24.3 Å². The normalized spacial score (nSPS) is 11.2. The van der Waals surface area contributed by atoms with Crippen LogP contribution in [0.3, 0.4) is 0 Å². The summed E-state index contributed by atoms with van der Waals surface area (Å²) in [5.41, 5.74) is 4.91. The van der Waals surface area contributed by atoms with E-state index in [1.807, 2.05) is 0 Å². The Balaban J connectivity index is 2.45. The molecule has 0 saturated heterocycles. The van der Waals surface area contributed by atoms with Gasteiger partial charge in [-0.2, -0.15) is 13.2 Å². The van der Waals surface area contributed by atoms with Crippen molar-refractivity contribution in [2.45, 2.75) is 6.18 Å². The van der Waals surface area contributed by atoms with Gasteiger partial charge in [-0.3, -0.25) is 0 Å². The van der Waals surface area contributed by atoms with Gasteiger partial charge >= 0.3 is 6.18 Å². The van der Waals surface area contributed by atoms with Crippen molar-refractivity contribution in [3.05, 3.63) is 59.4 Å². The van der Waals surface area contributed by atoms with E-state index < -0.39 is 17.6 Å². The highest BCUT2D eigenvalue weighted by Gasteiger charge is 2.31. The summed E-state index contributed by atoms with van der Waals surface area (Å²) in [5.74, 6) is -0.536. The highest BCUT2D eigenvalue weighted by Crippen LogP contribution is 2.33. The monoisotopic (exact) mass is 314 g/mol. The first kappa shape index (κ1) is 15.2. The second-order valence-corrected chi connectivity index (χ2v) is 4.67. The lowest BCUT2D eigenvalue weighted by Gasteiger charge is -2.14. The molecule has 0 atom stereocenters. The van der Waals surface area contributed by atoms with Crippen LogP contribution in [-0.2, 0) is 6.18 Å². The van der Waals surface area contributed by atoms with Crippen LogP contribution in [0, 0.1) is 5.82 Å². The second kappa shape index (κ2) is 5.69. The number of nitrogens with two attached hydrogens (primary N) is 1. The standard InChI is InChI=1S/C14H10F4N2S/c15-10-3-1-2-4-12(10)20-11-6-5-8(14(16,17)18)7-9(11)13(19)21/h1-7,20H,(H2,19,21). The molecule has 3 N–H and O–H groups in total. The van der Waals surface area contributed by atoms with E-state index in [9.17, 15) is 17.6 Å². The quantitative estimate of drug-likeness (QED) is 0.658. The molecule has 0 aliphatic rings. The highest BCUT2D eigenvalue weighted by molar-refractivity contribution is 7.80. The van der Waals surface area contributed by atoms with Gasteiger partial charge in [-0.05, 0) is 30.3 Å². The van der Waals surface area contributed by atoms with Crippen LogP contribution >= 0.6 is 12.2 Å². The van der Waals surface area contributed by atoms with E-state index in [-0.39, 0.29) is 21.9 Å². The molecule has 2 aromatic rings. The summed E-state index contributed by atoms with van der Waals surface area (Å²) in [7, 11) is 0. The summed E-state index contributed by atoms with van der Waals surface area (Å²) < 4.78 is 51.6. The molecule has 2 rings (SSSR count). The van der Waals surface area contributed by atoms with E-state index >= 15 is 0 Å². The van der Waals surface area contributed by atoms with Gasteiger partial charge in [0.15, 0.2) is 0 Å². The molecule has 7 heteroatoms. The van der Waals surface area contributed by atoms with Gasteiger partial charge in [0.05, 0.1) is 11.3 Å². The predicted octanol–water partition coefficient (Wildman–Crippen LogP) is 4.22. The summed E-state index contributed by atoms with van der Waals surface area (Å²) in [4.78, 5) is -0.208. The van der Waals surface area contributed by atoms with Crippen LogP contribution in [0.4, 0.5) is 28.9 Å². The lowest BCUT2D eigenvalue weighted by Crippen LogP contribution is -2.15. The molecule has 0 fully saturated rings. The summed E-state index contributed by atoms with van der Waals surface area (Å²) in [6.45, 7) is 0. The minimum atomic E-state index is -4.50. The highest BCUT2D eigenvalue weighted by atomic mass is 32.1. The van der Waals surface area contributed by atoms with Crippen molar-refractivity contribution >= 4 is 28.6 Å². The van der Waals surface area contributed by atoms with Crippen LogP contribution in [-0.4, -0.2) is 4.99 Å². The third-order valence-electron chi connectivity index (χ3n) is 2.76. The summed E-state index contributed by atoms with van der Waals surface area (Å²) in [6, 6.07) is 8.67. The number of hydrogen-bond donors (Lipinski definition) is 2. The number of halogens is 4. The molecule has 0 spiro atoms. The third kappa shape index (κ3) is 3.49. The summed E-state index contributed by atoms with van der Waals surface area (Å²) in [6.07, 6.45) is -4.50. The smallest absolute Gasteiger partial charge is 0.389 e. The first-order valence-electron chi connectivity index (χ1n) is 5.81. The second-order valence-electron chi connectivity index (χ2n) is 4.23. The first-order chi connectivity index (χ1) is 9.79. The lowest BCUT2D eigenvalue weighted by molar-refractivity contribution is -0.137. The van der Waals surface area contributed by atoms with Gasteiger partial charge in [0, 0.05) is 11.3 Å². The van der Waals surface area contributed by atoms with Crippen molar-refractivity contribution in [2.75, 3.05) is 5.32 Å². The van der Waals surface area contributed by atoms with Gasteiger partial charge in [-0.15, -0.1) is 0 Å². The van der Waals surface area contributed by atoms with E-state index in [0.29, 0.717) is 0 Å². The van der Waals surface area contributed by atoms with Crippen LogP contribution < -0.4 is 11.1 Å². The average molecular weight is 314 g/mol. The van der Waals surface area contributed by atoms with Gasteiger partial charge in [-0.25, -0.2) is 4.39 Å². The third-order valence-corrected chi connectivity index (χ3v) is 2.98. The number of nitrogens with one attached hydrogen (secondary N) is 1. The van der Waals surface area contributed by atoms with Gasteiger partial charge in [0.2, 0.25) is 0 Å². The fourth-order valence-electron chi connectivity index (χ4n) is 1.74. The van der Waals surface area contributed by atoms with Crippen LogP contribution in [0.15, 0.2) is 42.5 Å². The maximum atomic E-state index is 13.6. The zero-order valence-corrected chi connectivity index (χ0v) is 11.4. The first-order valence-corrected chi connectivity index (χ1v) is 6.22. The molecule has 21 heavy (non-hydrogen) atoms. The zero-order valence-electron chi connectivity index (χ0n) is 10.5. The molecule has 2 nitrogen and oxygen atoms in total. The number of para-hydroxylation sites is 1. The Kier molecular flexibility index (Phi) is 4.13. The number of thiocarbonyl (C=S) groups is 1. The minimum Gasteiger partial charge on any atom is -0.389 e. The number of hydrogen-bond acceptors (Lipinski definition) is 2. The molecule has 0 unspecified atom stereocenters. The molecule has 0 aromatic heterocycles. The van der Waals surface area contributed by atoms with E-state index in [2.05, 4.69) is 5.32 Å². The van der Waals surface area contributed by atoms with Crippen molar-refractivity contribution in [1.82, 2.24) is 0 Å². The number of anilines is 2. The lowest BCUT2D eigenvalue weighted by atomic mass is 10.1. The fourth-order valence-corrected chi connectivity index (χ4v) is 1.91. The Morgan fingerprint density at radius 3 is 2.29 bits per heavy atom. The molecule has 110 valence electrons. The average Bonchev–Trinajstić information content (AvgIpc) is 2.40. The number of rotatable bonds is 3. The van der Waals surface area contributed by atoms with Gasteiger partial charge in [-0.1, -0.05) is 24.4 Å². The predicted molar refractivity (Wildman–Crippen MR) is 77.0 cm³/mol. The Labute approximate surface area is 123 Å². The molecule has 0 saturated carbocycles. The van der Waals surface area contributed by atoms with Crippen molar-refractivity contribution in [2.24, 2.45) is 5.73 Å². The molecule has 0 bridgehead atoms. The van der Waals surface area contributed by atoms with Gasteiger partial charge in [0.25, 0.3) is 0 Å². The maximum absolute atomic E-state index is 13.6. The van der Waals surface area contributed by atoms with Gasteiger partial charge < -0.3 is 11.1 Å². The van der Waals surface area contributed by atoms with Crippen LogP contribution in [0.2, 0.25) is 0 Å². The van der Waals surface area contributed by atoms with Crippen LogP contribution in [0.1, 0.15) is 11.1 Å². The molecular weight excluding hydrogens is 304 g/mol. The molecule has 0 heterocycles. The molecular formula is C14H10F4N2S. The molecule has 2 aromatic carbocycles. The Morgan fingerprint density at radius 2 is 1.71 bits per heavy atom. The molecule has 0 radical (unpaired) electrons. The zero-order chi connectivity index (χ0) is 15.6. The Morgan fingerprint density at radius 1 is 1.05 bits per heavy atom. The van der Waals surface area contributed by atoms with E-state index in [1.54, 1.807) is 6.07 Å². The molecule has 0 aliphatic carbocycles. The van der Waals surface area contributed by atoms with Crippen molar-refractivity contribution in [3.63, 3.8) is 0 Å². The Hall–Kier alpha value is -2.15. The van der Waals surface area contributed by atoms with Crippen molar-refractivity contribution in [1.29, 1.82) is 0 Å². The SMILES string of the molecule is NC(=S)c1cc(C(F)(F)F)ccc1Nc1ccccc1F. The fraction of sp³-hybridized carbons (Fsp3) is 0.0714. The van der Waals surface area contributed by atoms with Gasteiger partial charge in [0.1, 0.15) is 10.8 Å². The topological polar surface area (TPSA) is 38.0 Å². The van der Waals surface area contributed by atoms with Crippen LogP contribution in [0.5, 0.6) is 0 Å². The summed E-state index contributed by atoms with van der Waals surface area (Å²) in [5, 5.41) is 2.69. The van der Waals surface area contributed by atoms with Crippen LogP contribution in [0.25, 0.3) is 0 Å². The van der Waals surface area contributed by atoms with E-state index in [4.69, 9.17) is 18.0 Å². The number of alkyl halides is 3. The molecule has 0 amide bonds. The minimum absolute atomic E-state index is 0.00285. The van der Waals surface area contributed by atoms with E-state index in [0.717, 1.165) is 12.1 Å². The number of benzene rings is 2. The maximum Gasteiger partial charge on any atom is 0.416 e. The van der Waals surface area contributed by atoms with Crippen molar-refractivity contribution in [3.8, 4) is 0 Å². The largest absolute Gasteiger partial charge is 0.416 e. The molecule has 0 aliphatic heterocycles. The van der Waals surface area contributed by atoms with Crippen molar-refractivity contribution < 1.29 is 17.6 Å². The Bertz CT molecular complexity index is 683. The summed E-state index contributed by atoms with van der Waals surface area (Å²) >= 11 is 4.76.